The summed E-state index contributed by atoms with van der Waals surface area (Å²) < 4.78 is 58.5. The van der Waals surface area contributed by atoms with Gasteiger partial charge in [-0.1, -0.05) is 112 Å². The SMILES string of the molecule is CCCC1=CC=C(c2ccc(-c3ccc(-c4ccc(CCC)cc4)cc3)cc2)C(F)(F)C1(F)F. The smallest absolute Gasteiger partial charge is 0.194 e. The highest BCUT2D eigenvalue weighted by Crippen LogP contribution is 2.51. The van der Waals surface area contributed by atoms with Gasteiger partial charge in [0.1, 0.15) is 0 Å². The number of benzene rings is 3. The van der Waals surface area contributed by atoms with E-state index in [9.17, 15) is 17.6 Å². The van der Waals surface area contributed by atoms with Gasteiger partial charge in [-0.3, -0.25) is 0 Å². The van der Waals surface area contributed by atoms with Crippen molar-refractivity contribution in [3.05, 3.63) is 102 Å². The van der Waals surface area contributed by atoms with Crippen LogP contribution in [-0.2, 0) is 6.42 Å². The fourth-order valence-corrected chi connectivity index (χ4v) is 4.40. The molecule has 3 aromatic carbocycles. The van der Waals surface area contributed by atoms with Crippen molar-refractivity contribution in [1.29, 1.82) is 0 Å². The van der Waals surface area contributed by atoms with Gasteiger partial charge in [-0.25, -0.2) is 0 Å². The van der Waals surface area contributed by atoms with Crippen LogP contribution in [0.1, 0.15) is 44.2 Å². The van der Waals surface area contributed by atoms with Crippen LogP contribution in [0.2, 0.25) is 0 Å². The van der Waals surface area contributed by atoms with Gasteiger partial charge >= 0.3 is 11.8 Å². The Hall–Kier alpha value is -3.14. The van der Waals surface area contributed by atoms with Crippen LogP contribution in [0.5, 0.6) is 0 Å². The van der Waals surface area contributed by atoms with Gasteiger partial charge in [0.2, 0.25) is 0 Å². The van der Waals surface area contributed by atoms with Crippen LogP contribution in [0.15, 0.2) is 90.5 Å². The quantitative estimate of drug-likeness (QED) is 0.306. The summed E-state index contributed by atoms with van der Waals surface area (Å²) in [4.78, 5) is 0. The standard InChI is InChI=1S/C30H28F4/c1-3-5-21-7-9-22(10-8-21)23-11-13-24(14-12-23)25-15-17-26(18-16-25)28-20-19-27(6-4-2)29(31,32)30(28,33)34/h7-20H,3-6H2,1-2H3. The van der Waals surface area contributed by atoms with Crippen molar-refractivity contribution in [2.45, 2.75) is 51.4 Å². The van der Waals surface area contributed by atoms with Crippen LogP contribution >= 0.6 is 0 Å². The van der Waals surface area contributed by atoms with E-state index in [1.165, 1.54) is 17.7 Å². The molecule has 0 bridgehead atoms. The molecule has 176 valence electrons. The van der Waals surface area contributed by atoms with E-state index in [0.29, 0.717) is 6.42 Å². The molecular formula is C30H28F4. The summed E-state index contributed by atoms with van der Waals surface area (Å²) in [7, 11) is 0. The number of halogens is 4. The van der Waals surface area contributed by atoms with Crippen LogP contribution in [0.4, 0.5) is 17.6 Å². The first-order valence-electron chi connectivity index (χ1n) is 11.8. The monoisotopic (exact) mass is 464 g/mol. The maximum atomic E-state index is 14.7. The lowest BCUT2D eigenvalue weighted by molar-refractivity contribution is -0.149. The Bertz CT molecular complexity index is 1180. The molecule has 0 spiro atoms. The lowest BCUT2D eigenvalue weighted by Gasteiger charge is -2.33. The van der Waals surface area contributed by atoms with Gasteiger partial charge in [-0.15, -0.1) is 0 Å². The Morgan fingerprint density at radius 3 is 1.35 bits per heavy atom. The number of allylic oxidation sites excluding steroid dienone is 4. The zero-order valence-electron chi connectivity index (χ0n) is 19.4. The zero-order valence-corrected chi connectivity index (χ0v) is 19.4. The van der Waals surface area contributed by atoms with Gasteiger partial charge in [0, 0.05) is 11.1 Å². The number of hydrogen-bond acceptors (Lipinski definition) is 0. The Morgan fingerprint density at radius 2 is 0.912 bits per heavy atom. The molecule has 0 atom stereocenters. The fourth-order valence-electron chi connectivity index (χ4n) is 4.40. The first-order valence-corrected chi connectivity index (χ1v) is 11.8. The number of aryl methyl sites for hydroxylation is 1. The second-order valence-electron chi connectivity index (χ2n) is 8.77. The third-order valence-corrected chi connectivity index (χ3v) is 6.35. The van der Waals surface area contributed by atoms with Crippen molar-refractivity contribution in [2.24, 2.45) is 0 Å². The first kappa shape index (κ1) is 24.0. The number of alkyl halides is 4. The molecule has 0 unspecified atom stereocenters. The molecule has 0 fully saturated rings. The lowest BCUT2D eigenvalue weighted by Crippen LogP contribution is -2.44. The highest BCUT2D eigenvalue weighted by Gasteiger charge is 2.61. The van der Waals surface area contributed by atoms with Crippen LogP contribution in [0.3, 0.4) is 0 Å². The largest absolute Gasteiger partial charge is 0.339 e. The molecule has 0 nitrogen and oxygen atoms in total. The van der Waals surface area contributed by atoms with Gasteiger partial charge in [0.15, 0.2) is 0 Å². The van der Waals surface area contributed by atoms with E-state index < -0.39 is 23.0 Å². The highest BCUT2D eigenvalue weighted by molar-refractivity contribution is 5.78. The van der Waals surface area contributed by atoms with E-state index in [4.69, 9.17) is 0 Å². The van der Waals surface area contributed by atoms with E-state index in [-0.39, 0.29) is 12.0 Å². The number of hydrogen-bond donors (Lipinski definition) is 0. The molecule has 0 aromatic heterocycles. The second kappa shape index (κ2) is 9.61. The summed E-state index contributed by atoms with van der Waals surface area (Å²) >= 11 is 0. The topological polar surface area (TPSA) is 0 Å². The van der Waals surface area contributed by atoms with Crippen LogP contribution in [-0.4, -0.2) is 11.8 Å². The van der Waals surface area contributed by atoms with E-state index in [0.717, 1.165) is 47.2 Å². The second-order valence-corrected chi connectivity index (χ2v) is 8.77. The Balaban J connectivity index is 1.56. The van der Waals surface area contributed by atoms with Gasteiger partial charge < -0.3 is 0 Å². The lowest BCUT2D eigenvalue weighted by atomic mass is 9.84. The van der Waals surface area contributed by atoms with Crippen LogP contribution < -0.4 is 0 Å². The summed E-state index contributed by atoms with van der Waals surface area (Å²) in [5, 5.41) is 0. The molecule has 0 saturated heterocycles. The maximum absolute atomic E-state index is 14.7. The van der Waals surface area contributed by atoms with E-state index >= 15 is 0 Å². The highest BCUT2D eigenvalue weighted by atomic mass is 19.3. The minimum Gasteiger partial charge on any atom is -0.194 e. The van der Waals surface area contributed by atoms with E-state index in [1.54, 1.807) is 19.1 Å². The van der Waals surface area contributed by atoms with Crippen molar-refractivity contribution >= 4 is 5.57 Å². The van der Waals surface area contributed by atoms with Gasteiger partial charge in [0.25, 0.3) is 0 Å². The molecule has 0 radical (unpaired) electrons. The predicted molar refractivity (Wildman–Crippen MR) is 132 cm³/mol. The molecular weight excluding hydrogens is 436 g/mol. The van der Waals surface area contributed by atoms with Gasteiger partial charge in [0.05, 0.1) is 0 Å². The van der Waals surface area contributed by atoms with Crippen molar-refractivity contribution in [3.63, 3.8) is 0 Å². The normalized spacial score (nSPS) is 16.6. The molecule has 4 heteroatoms. The van der Waals surface area contributed by atoms with Gasteiger partial charge in [-0.2, -0.15) is 17.6 Å². The van der Waals surface area contributed by atoms with Crippen LogP contribution in [0.25, 0.3) is 27.8 Å². The number of rotatable bonds is 7. The summed E-state index contributed by atoms with van der Waals surface area (Å²) in [5.74, 6) is -8.43. The average molecular weight is 465 g/mol. The molecule has 34 heavy (non-hydrogen) atoms. The Morgan fingerprint density at radius 1 is 0.500 bits per heavy atom. The molecule has 1 aliphatic rings. The third-order valence-electron chi connectivity index (χ3n) is 6.35. The summed E-state index contributed by atoms with van der Waals surface area (Å²) in [5.41, 5.74) is 4.24. The molecule has 3 aromatic rings. The molecule has 0 aliphatic heterocycles. The van der Waals surface area contributed by atoms with E-state index in [2.05, 4.69) is 31.2 Å². The van der Waals surface area contributed by atoms with Crippen molar-refractivity contribution in [3.8, 4) is 22.3 Å². The van der Waals surface area contributed by atoms with Crippen molar-refractivity contribution in [2.75, 3.05) is 0 Å². The first-order chi connectivity index (χ1) is 16.3. The third kappa shape index (κ3) is 4.46. The van der Waals surface area contributed by atoms with Crippen LogP contribution in [0, 0.1) is 0 Å². The molecule has 0 heterocycles. The molecule has 4 rings (SSSR count). The Labute approximate surface area is 198 Å². The Kier molecular flexibility index (Phi) is 6.79. The summed E-state index contributed by atoms with van der Waals surface area (Å²) in [6, 6.07) is 22.9. The van der Waals surface area contributed by atoms with Gasteiger partial charge in [-0.05, 0) is 46.2 Å². The molecule has 0 saturated carbocycles. The molecule has 0 amide bonds. The molecule has 0 N–H and O–H groups in total. The van der Waals surface area contributed by atoms with E-state index in [1.807, 2.05) is 24.3 Å². The predicted octanol–water partition coefficient (Wildman–Crippen LogP) is 9.37. The fraction of sp³-hybridized carbons (Fsp3) is 0.267. The summed E-state index contributed by atoms with van der Waals surface area (Å²) in [6.07, 6.45) is 4.80. The maximum Gasteiger partial charge on any atom is 0.339 e. The average Bonchev–Trinajstić information content (AvgIpc) is 2.84. The molecule has 1 aliphatic carbocycles. The van der Waals surface area contributed by atoms with Crippen molar-refractivity contribution < 1.29 is 17.6 Å². The summed E-state index contributed by atoms with van der Waals surface area (Å²) in [6.45, 7) is 3.86. The minimum absolute atomic E-state index is 0.0514. The zero-order chi connectivity index (χ0) is 24.3. The van der Waals surface area contributed by atoms with Crippen molar-refractivity contribution in [1.82, 2.24) is 0 Å². The minimum atomic E-state index is -4.25.